The summed E-state index contributed by atoms with van der Waals surface area (Å²) in [6, 6.07) is 4.89. The number of rotatable bonds is 5. The summed E-state index contributed by atoms with van der Waals surface area (Å²) in [6.07, 6.45) is 3.83. The van der Waals surface area contributed by atoms with Crippen LogP contribution in [0, 0.1) is 0 Å². The highest BCUT2D eigenvalue weighted by Crippen LogP contribution is 2.11. The van der Waals surface area contributed by atoms with Crippen LogP contribution < -0.4 is 5.32 Å². The van der Waals surface area contributed by atoms with Gasteiger partial charge in [-0.25, -0.2) is 0 Å². The monoisotopic (exact) mass is 235 g/mol. The van der Waals surface area contributed by atoms with Crippen LogP contribution in [0.25, 0.3) is 0 Å². The molecule has 2 aromatic rings. The van der Waals surface area contributed by atoms with Crippen molar-refractivity contribution in [2.45, 2.75) is 32.5 Å². The van der Waals surface area contributed by atoms with E-state index >= 15 is 0 Å². The molecule has 16 heavy (non-hydrogen) atoms. The van der Waals surface area contributed by atoms with Crippen molar-refractivity contribution in [3.63, 3.8) is 0 Å². The zero-order chi connectivity index (χ0) is 11.4. The van der Waals surface area contributed by atoms with Crippen LogP contribution in [0.15, 0.2) is 35.3 Å². The number of nitrogens with zero attached hydrogens (tertiary/aromatic N) is 2. The fourth-order valence-corrected chi connectivity index (χ4v) is 2.26. The van der Waals surface area contributed by atoms with Crippen molar-refractivity contribution in [3.8, 4) is 0 Å². The molecule has 0 bridgehead atoms. The van der Waals surface area contributed by atoms with Gasteiger partial charge >= 0.3 is 0 Å². The van der Waals surface area contributed by atoms with Crippen LogP contribution in [0.4, 0.5) is 0 Å². The van der Waals surface area contributed by atoms with Crippen molar-refractivity contribution >= 4 is 11.3 Å². The van der Waals surface area contributed by atoms with Crippen molar-refractivity contribution < 1.29 is 0 Å². The van der Waals surface area contributed by atoms with Crippen LogP contribution in [0.1, 0.15) is 25.5 Å². The van der Waals surface area contributed by atoms with E-state index < -0.39 is 0 Å². The molecule has 3 nitrogen and oxygen atoms in total. The predicted octanol–water partition coefficient (Wildman–Crippen LogP) is 2.68. The molecule has 0 saturated carbocycles. The first kappa shape index (κ1) is 11.4. The van der Waals surface area contributed by atoms with E-state index in [4.69, 9.17) is 0 Å². The Bertz CT molecular complexity index is 394. The molecule has 0 spiro atoms. The highest BCUT2D eigenvalue weighted by Gasteiger charge is 2.13. The Morgan fingerprint density at radius 2 is 2.38 bits per heavy atom. The third kappa shape index (κ3) is 2.71. The topological polar surface area (TPSA) is 29.9 Å². The van der Waals surface area contributed by atoms with Gasteiger partial charge in [-0.05, 0) is 42.3 Å². The summed E-state index contributed by atoms with van der Waals surface area (Å²) in [6.45, 7) is 5.30. The van der Waals surface area contributed by atoms with Crippen molar-refractivity contribution in [3.05, 3.63) is 40.8 Å². The highest BCUT2D eigenvalue weighted by atomic mass is 32.1. The molecule has 0 fully saturated rings. The molecular weight excluding hydrogens is 218 g/mol. The van der Waals surface area contributed by atoms with E-state index in [0.717, 1.165) is 6.54 Å². The minimum absolute atomic E-state index is 0.369. The Balaban J connectivity index is 1.86. The first-order valence-corrected chi connectivity index (χ1v) is 6.45. The molecule has 0 saturated heterocycles. The molecule has 2 rings (SSSR count). The Morgan fingerprint density at radius 1 is 1.50 bits per heavy atom. The Morgan fingerprint density at radius 3 is 3.00 bits per heavy atom. The summed E-state index contributed by atoms with van der Waals surface area (Å²) in [7, 11) is 0. The zero-order valence-corrected chi connectivity index (χ0v) is 10.4. The van der Waals surface area contributed by atoms with Crippen molar-refractivity contribution in [2.75, 3.05) is 0 Å². The SMILES string of the molecule is C[C@H](NCc1ccsc1)[C@H](C)n1cccn1. The molecule has 0 amide bonds. The second kappa shape index (κ2) is 5.27. The van der Waals surface area contributed by atoms with Crippen molar-refractivity contribution in [1.82, 2.24) is 15.1 Å². The van der Waals surface area contributed by atoms with E-state index in [-0.39, 0.29) is 0 Å². The Kier molecular flexibility index (Phi) is 3.74. The predicted molar refractivity (Wildman–Crippen MR) is 67.6 cm³/mol. The molecule has 2 atom stereocenters. The van der Waals surface area contributed by atoms with E-state index in [1.807, 2.05) is 23.1 Å². The summed E-state index contributed by atoms with van der Waals surface area (Å²) in [5.74, 6) is 0. The summed E-state index contributed by atoms with van der Waals surface area (Å²) in [5.41, 5.74) is 1.35. The van der Waals surface area contributed by atoms with Gasteiger partial charge in [0.15, 0.2) is 0 Å². The van der Waals surface area contributed by atoms with E-state index in [2.05, 4.69) is 41.1 Å². The van der Waals surface area contributed by atoms with E-state index in [0.29, 0.717) is 12.1 Å². The summed E-state index contributed by atoms with van der Waals surface area (Å²) >= 11 is 1.74. The van der Waals surface area contributed by atoms with Gasteiger partial charge in [-0.2, -0.15) is 16.4 Å². The smallest absolute Gasteiger partial charge is 0.0641 e. The molecule has 2 heterocycles. The standard InChI is InChI=1S/C12H17N3S/c1-10(11(2)15-6-3-5-14-15)13-8-12-4-7-16-9-12/h3-7,9-11,13H,8H2,1-2H3/t10-,11-/m0/s1. The number of hydrogen-bond acceptors (Lipinski definition) is 3. The van der Waals surface area contributed by atoms with E-state index in [1.54, 1.807) is 11.3 Å². The van der Waals surface area contributed by atoms with Crippen LogP contribution in [0.2, 0.25) is 0 Å². The largest absolute Gasteiger partial charge is 0.308 e. The van der Waals surface area contributed by atoms with Gasteiger partial charge in [0, 0.05) is 25.0 Å². The summed E-state index contributed by atoms with van der Waals surface area (Å²) in [4.78, 5) is 0. The second-order valence-corrected chi connectivity index (χ2v) is 4.81. The first-order chi connectivity index (χ1) is 7.77. The van der Waals surface area contributed by atoms with Crippen molar-refractivity contribution in [2.24, 2.45) is 0 Å². The van der Waals surface area contributed by atoms with Gasteiger partial charge < -0.3 is 5.32 Å². The maximum Gasteiger partial charge on any atom is 0.0641 e. The maximum absolute atomic E-state index is 4.26. The van der Waals surface area contributed by atoms with Crippen molar-refractivity contribution in [1.29, 1.82) is 0 Å². The lowest BCUT2D eigenvalue weighted by molar-refractivity contribution is 0.365. The molecule has 0 aliphatic heterocycles. The highest BCUT2D eigenvalue weighted by molar-refractivity contribution is 7.07. The zero-order valence-electron chi connectivity index (χ0n) is 9.63. The Labute approximate surface area is 100 Å². The molecular formula is C12H17N3S. The lowest BCUT2D eigenvalue weighted by Crippen LogP contribution is -2.33. The fraction of sp³-hybridized carbons (Fsp3) is 0.417. The molecule has 0 aliphatic carbocycles. The average Bonchev–Trinajstić information content (AvgIpc) is 2.96. The molecule has 0 aliphatic rings. The molecule has 1 N–H and O–H groups in total. The third-order valence-corrected chi connectivity index (χ3v) is 3.61. The molecule has 0 aromatic carbocycles. The number of hydrogen-bond donors (Lipinski definition) is 1. The third-order valence-electron chi connectivity index (χ3n) is 2.87. The van der Waals surface area contributed by atoms with Gasteiger partial charge in [0.25, 0.3) is 0 Å². The molecule has 2 aromatic heterocycles. The average molecular weight is 235 g/mol. The normalized spacial score (nSPS) is 14.9. The number of thiophene rings is 1. The number of aromatic nitrogens is 2. The van der Waals surface area contributed by atoms with Crippen LogP contribution >= 0.6 is 11.3 Å². The van der Waals surface area contributed by atoms with Gasteiger partial charge in [0.2, 0.25) is 0 Å². The molecule has 0 unspecified atom stereocenters. The van der Waals surface area contributed by atoms with Gasteiger partial charge in [0.1, 0.15) is 0 Å². The van der Waals surface area contributed by atoms with E-state index in [9.17, 15) is 0 Å². The summed E-state index contributed by atoms with van der Waals surface area (Å²) < 4.78 is 1.99. The van der Waals surface area contributed by atoms with Gasteiger partial charge in [-0.15, -0.1) is 0 Å². The van der Waals surface area contributed by atoms with Crippen LogP contribution in [0.5, 0.6) is 0 Å². The minimum atomic E-state index is 0.369. The summed E-state index contributed by atoms with van der Waals surface area (Å²) in [5, 5.41) is 12.1. The molecule has 0 radical (unpaired) electrons. The lowest BCUT2D eigenvalue weighted by Gasteiger charge is -2.21. The first-order valence-electron chi connectivity index (χ1n) is 5.51. The van der Waals surface area contributed by atoms with Gasteiger partial charge in [-0.3, -0.25) is 4.68 Å². The van der Waals surface area contributed by atoms with Crippen LogP contribution in [-0.4, -0.2) is 15.8 Å². The second-order valence-electron chi connectivity index (χ2n) is 4.03. The van der Waals surface area contributed by atoms with Crippen LogP contribution in [-0.2, 0) is 6.54 Å². The van der Waals surface area contributed by atoms with Gasteiger partial charge in [-0.1, -0.05) is 0 Å². The number of nitrogens with one attached hydrogen (secondary N) is 1. The van der Waals surface area contributed by atoms with Crippen LogP contribution in [0.3, 0.4) is 0 Å². The lowest BCUT2D eigenvalue weighted by atomic mass is 10.1. The molecule has 4 heteroatoms. The fourth-order valence-electron chi connectivity index (χ4n) is 1.59. The van der Waals surface area contributed by atoms with E-state index in [1.165, 1.54) is 5.56 Å². The quantitative estimate of drug-likeness (QED) is 0.863. The van der Waals surface area contributed by atoms with Gasteiger partial charge in [0.05, 0.1) is 6.04 Å². The maximum atomic E-state index is 4.26. The molecule has 86 valence electrons. The minimum Gasteiger partial charge on any atom is -0.308 e. The Hall–Kier alpha value is -1.13.